The minimum Gasteiger partial charge on any atom is -0.444 e. The first-order valence-corrected chi connectivity index (χ1v) is 8.11. The van der Waals surface area contributed by atoms with Gasteiger partial charge in [0.25, 0.3) is 0 Å². The quantitative estimate of drug-likeness (QED) is 0.799. The maximum absolute atomic E-state index is 12.6. The second-order valence-electron chi connectivity index (χ2n) is 7.41. The van der Waals surface area contributed by atoms with Crippen LogP contribution in [0.5, 0.6) is 0 Å². The summed E-state index contributed by atoms with van der Waals surface area (Å²) in [4.78, 5) is 24.2. The van der Waals surface area contributed by atoms with E-state index in [0.717, 1.165) is 24.1 Å². The minimum atomic E-state index is -0.489. The van der Waals surface area contributed by atoms with E-state index in [4.69, 9.17) is 9.57 Å². The molecule has 0 radical (unpaired) electrons. The van der Waals surface area contributed by atoms with Gasteiger partial charge in [0.05, 0.1) is 17.7 Å². The first-order valence-electron chi connectivity index (χ1n) is 8.11. The molecule has 0 aliphatic carbocycles. The highest BCUT2D eigenvalue weighted by Crippen LogP contribution is 2.48. The molecule has 3 aliphatic rings. The highest BCUT2D eigenvalue weighted by Gasteiger charge is 2.61. The summed E-state index contributed by atoms with van der Waals surface area (Å²) in [5.41, 5.74) is 1.46. The summed E-state index contributed by atoms with van der Waals surface area (Å²) < 4.78 is 5.59. The molecule has 4 atom stereocenters. The van der Waals surface area contributed by atoms with Gasteiger partial charge in [0.2, 0.25) is 0 Å². The number of oxime groups is 1. The Hall–Kier alpha value is -2.11. The normalized spacial score (nSPS) is 31.6. The van der Waals surface area contributed by atoms with Crippen molar-refractivity contribution in [1.29, 1.82) is 0 Å². The number of carbonyl (C=O) groups is 1. The lowest BCUT2D eigenvalue weighted by molar-refractivity contribution is 0.00793. The first-order chi connectivity index (χ1) is 11.0. The van der Waals surface area contributed by atoms with E-state index in [9.17, 15) is 4.79 Å². The topological polar surface area (TPSA) is 64.0 Å². The van der Waals surface area contributed by atoms with E-state index >= 15 is 0 Å². The van der Waals surface area contributed by atoms with Crippen molar-refractivity contribution >= 4 is 11.8 Å². The molecule has 0 aromatic carbocycles. The van der Waals surface area contributed by atoms with Crippen LogP contribution in [0.3, 0.4) is 0 Å². The van der Waals surface area contributed by atoms with Crippen LogP contribution in [-0.4, -0.2) is 45.5 Å². The molecule has 0 N–H and O–H groups in total. The maximum Gasteiger partial charge on any atom is 0.410 e. The summed E-state index contributed by atoms with van der Waals surface area (Å²) >= 11 is 0. The Morgan fingerprint density at radius 3 is 2.65 bits per heavy atom. The van der Waals surface area contributed by atoms with Crippen LogP contribution in [0.15, 0.2) is 29.7 Å². The van der Waals surface area contributed by atoms with Gasteiger partial charge in [-0.3, -0.25) is 9.88 Å². The van der Waals surface area contributed by atoms with Crippen LogP contribution >= 0.6 is 0 Å². The van der Waals surface area contributed by atoms with Gasteiger partial charge >= 0.3 is 6.09 Å². The molecule has 4 rings (SSSR count). The Balaban J connectivity index is 1.60. The Morgan fingerprint density at radius 1 is 1.26 bits per heavy atom. The van der Waals surface area contributed by atoms with Crippen molar-refractivity contribution in [3.8, 4) is 0 Å². The molecule has 0 unspecified atom stereocenters. The summed E-state index contributed by atoms with van der Waals surface area (Å²) in [6.07, 6.45) is 5.14. The number of nitrogens with zero attached hydrogens (tertiary/aromatic N) is 3. The van der Waals surface area contributed by atoms with Gasteiger partial charge in [-0.2, -0.15) is 0 Å². The van der Waals surface area contributed by atoms with E-state index in [1.54, 1.807) is 12.4 Å². The molecule has 4 heterocycles. The fraction of sp³-hybridized carbons (Fsp3) is 0.588. The number of rotatable bonds is 1. The average Bonchev–Trinajstić information content (AvgIpc) is 3.17. The van der Waals surface area contributed by atoms with Gasteiger partial charge < -0.3 is 9.57 Å². The Bertz CT molecular complexity index is 653. The molecule has 1 aromatic rings. The Labute approximate surface area is 135 Å². The Morgan fingerprint density at radius 2 is 1.96 bits per heavy atom. The van der Waals surface area contributed by atoms with Crippen molar-refractivity contribution < 1.29 is 14.4 Å². The predicted molar refractivity (Wildman–Crippen MR) is 84.0 cm³/mol. The zero-order valence-electron chi connectivity index (χ0n) is 13.6. The molecule has 6 heteroatoms. The molecular formula is C17H21N3O3. The van der Waals surface area contributed by atoms with Gasteiger partial charge in [-0.1, -0.05) is 5.16 Å². The van der Waals surface area contributed by atoms with Crippen LogP contribution in [0, 0.1) is 5.92 Å². The average molecular weight is 315 g/mol. The molecule has 1 amide bonds. The van der Waals surface area contributed by atoms with E-state index in [2.05, 4.69) is 10.1 Å². The summed E-state index contributed by atoms with van der Waals surface area (Å²) in [5.74, 6) is 0.128. The lowest BCUT2D eigenvalue weighted by Gasteiger charge is -2.28. The largest absolute Gasteiger partial charge is 0.444 e. The highest BCUT2D eigenvalue weighted by atomic mass is 16.6. The van der Waals surface area contributed by atoms with Crippen molar-refractivity contribution in [3.05, 3.63) is 30.1 Å². The third-order valence-corrected chi connectivity index (χ3v) is 4.79. The lowest BCUT2D eigenvalue weighted by Crippen LogP contribution is -2.42. The number of hydrogen-bond acceptors (Lipinski definition) is 5. The highest BCUT2D eigenvalue weighted by molar-refractivity contribution is 6.04. The van der Waals surface area contributed by atoms with Crippen molar-refractivity contribution in [1.82, 2.24) is 9.88 Å². The zero-order valence-corrected chi connectivity index (χ0v) is 13.6. The van der Waals surface area contributed by atoms with E-state index in [-0.39, 0.29) is 30.2 Å². The minimum absolute atomic E-state index is 0.0515. The molecule has 122 valence electrons. The molecule has 23 heavy (non-hydrogen) atoms. The Kier molecular flexibility index (Phi) is 3.11. The number of amides is 1. The van der Waals surface area contributed by atoms with E-state index in [0.29, 0.717) is 0 Å². The van der Waals surface area contributed by atoms with Gasteiger partial charge in [-0.25, -0.2) is 4.79 Å². The van der Waals surface area contributed by atoms with Crippen molar-refractivity contribution in [2.45, 2.75) is 57.4 Å². The lowest BCUT2D eigenvalue weighted by atomic mass is 9.82. The van der Waals surface area contributed by atoms with Gasteiger partial charge in [0, 0.05) is 24.0 Å². The number of hydrogen-bond donors (Lipinski definition) is 0. The van der Waals surface area contributed by atoms with E-state index < -0.39 is 5.60 Å². The maximum atomic E-state index is 12.6. The smallest absolute Gasteiger partial charge is 0.410 e. The molecule has 2 fully saturated rings. The third kappa shape index (κ3) is 2.28. The predicted octanol–water partition coefficient (Wildman–Crippen LogP) is 2.58. The summed E-state index contributed by atoms with van der Waals surface area (Å²) in [7, 11) is 0. The van der Waals surface area contributed by atoms with Crippen LogP contribution < -0.4 is 0 Å². The van der Waals surface area contributed by atoms with Crippen LogP contribution in [-0.2, 0) is 9.57 Å². The molecular weight excluding hydrogens is 294 g/mol. The SMILES string of the molecule is CC(C)(C)OC(=O)N1[C@@H]2CC[C@H]1[C@@H]1ON=C(c3ccncc3)[C@@H]12. The fourth-order valence-corrected chi connectivity index (χ4v) is 4.00. The number of pyridine rings is 1. The summed E-state index contributed by atoms with van der Waals surface area (Å²) in [5, 5.41) is 4.31. The summed E-state index contributed by atoms with van der Waals surface area (Å²) in [6.45, 7) is 5.68. The van der Waals surface area contributed by atoms with E-state index in [1.807, 2.05) is 37.8 Å². The molecule has 2 saturated heterocycles. The van der Waals surface area contributed by atoms with Crippen molar-refractivity contribution in [2.75, 3.05) is 0 Å². The molecule has 2 bridgehead atoms. The first kappa shape index (κ1) is 14.5. The monoisotopic (exact) mass is 315 g/mol. The zero-order chi connectivity index (χ0) is 16.2. The number of fused-ring (bicyclic) bond motifs is 5. The molecule has 6 nitrogen and oxygen atoms in total. The van der Waals surface area contributed by atoms with Crippen LogP contribution in [0.4, 0.5) is 4.79 Å². The molecule has 0 spiro atoms. The van der Waals surface area contributed by atoms with Crippen LogP contribution in [0.2, 0.25) is 0 Å². The summed E-state index contributed by atoms with van der Waals surface area (Å²) in [6, 6.07) is 4.04. The number of ether oxygens (including phenoxy) is 1. The second kappa shape index (κ2) is 4.94. The van der Waals surface area contributed by atoms with Gasteiger partial charge in [-0.15, -0.1) is 0 Å². The second-order valence-corrected chi connectivity index (χ2v) is 7.41. The number of aromatic nitrogens is 1. The number of carbonyl (C=O) groups excluding carboxylic acids is 1. The fourth-order valence-electron chi connectivity index (χ4n) is 4.00. The van der Waals surface area contributed by atoms with Crippen LogP contribution in [0.25, 0.3) is 0 Å². The van der Waals surface area contributed by atoms with Crippen molar-refractivity contribution in [2.24, 2.45) is 11.1 Å². The molecule has 1 aromatic heterocycles. The molecule has 3 aliphatic heterocycles. The van der Waals surface area contributed by atoms with Gasteiger partial charge in [0.15, 0.2) is 6.10 Å². The molecule has 0 saturated carbocycles. The van der Waals surface area contributed by atoms with E-state index in [1.165, 1.54) is 0 Å². The van der Waals surface area contributed by atoms with Gasteiger partial charge in [-0.05, 0) is 45.7 Å². The van der Waals surface area contributed by atoms with Crippen LogP contribution in [0.1, 0.15) is 39.2 Å². The standard InChI is InChI=1S/C17H21N3O3/c1-17(2,3)22-16(21)20-11-4-5-12(20)15-13(11)14(19-23-15)10-6-8-18-9-7-10/h6-9,11-13,15H,4-5H2,1-3H3/t11-,12+,13+,15+/m1/s1. The third-order valence-electron chi connectivity index (χ3n) is 4.79. The van der Waals surface area contributed by atoms with Crippen molar-refractivity contribution in [3.63, 3.8) is 0 Å². The van der Waals surface area contributed by atoms with Gasteiger partial charge in [0.1, 0.15) is 5.60 Å².